The number of rotatable bonds is 5. The minimum atomic E-state index is -0.827. The van der Waals surface area contributed by atoms with Crippen LogP contribution in [0.5, 0.6) is 5.75 Å². The molecule has 25 heavy (non-hydrogen) atoms. The number of ether oxygens (including phenoxy) is 1. The van der Waals surface area contributed by atoms with E-state index in [1.54, 1.807) is 35.6 Å². The Kier molecular flexibility index (Phi) is 5.04. The second-order valence-corrected chi connectivity index (χ2v) is 6.31. The molecule has 0 saturated carbocycles. The third kappa shape index (κ3) is 4.39. The molecular formula is C18H14F2N2O2S. The van der Waals surface area contributed by atoms with Gasteiger partial charge in [-0.3, -0.25) is 4.79 Å². The van der Waals surface area contributed by atoms with Crippen LogP contribution in [0.2, 0.25) is 0 Å². The largest absolute Gasteiger partial charge is 0.487 e. The Hall–Kier alpha value is -2.80. The van der Waals surface area contributed by atoms with Gasteiger partial charge in [0.2, 0.25) is 0 Å². The van der Waals surface area contributed by atoms with Crippen molar-refractivity contribution in [1.82, 2.24) is 4.98 Å². The van der Waals surface area contributed by atoms with Crippen LogP contribution in [-0.4, -0.2) is 10.9 Å². The van der Waals surface area contributed by atoms with E-state index < -0.39 is 17.5 Å². The zero-order chi connectivity index (χ0) is 17.8. The van der Waals surface area contributed by atoms with E-state index in [0.717, 1.165) is 16.8 Å². The quantitative estimate of drug-likeness (QED) is 0.726. The lowest BCUT2D eigenvalue weighted by molar-refractivity contribution is 0.102. The molecule has 128 valence electrons. The van der Waals surface area contributed by atoms with Gasteiger partial charge >= 0.3 is 0 Å². The first-order valence-corrected chi connectivity index (χ1v) is 8.29. The fourth-order valence-corrected chi connectivity index (χ4v) is 2.72. The summed E-state index contributed by atoms with van der Waals surface area (Å²) < 4.78 is 32.1. The molecule has 3 aromatic rings. The maximum atomic E-state index is 13.6. The van der Waals surface area contributed by atoms with Crippen LogP contribution >= 0.6 is 11.3 Å². The number of nitrogens with zero attached hydrogens (tertiary/aromatic N) is 1. The smallest absolute Gasteiger partial charge is 0.255 e. The molecule has 0 spiro atoms. The number of thiazole rings is 1. The highest BCUT2D eigenvalue weighted by Gasteiger charge is 2.10. The van der Waals surface area contributed by atoms with Gasteiger partial charge in [-0.25, -0.2) is 13.8 Å². The van der Waals surface area contributed by atoms with Gasteiger partial charge in [0.1, 0.15) is 24.0 Å². The van der Waals surface area contributed by atoms with E-state index in [9.17, 15) is 13.6 Å². The van der Waals surface area contributed by atoms with Crippen molar-refractivity contribution in [3.05, 3.63) is 75.7 Å². The molecule has 7 heteroatoms. The van der Waals surface area contributed by atoms with Crippen LogP contribution < -0.4 is 10.1 Å². The van der Waals surface area contributed by atoms with Gasteiger partial charge in [-0.2, -0.15) is 0 Å². The highest BCUT2D eigenvalue weighted by Crippen LogP contribution is 2.18. The predicted molar refractivity (Wildman–Crippen MR) is 91.9 cm³/mol. The van der Waals surface area contributed by atoms with E-state index in [2.05, 4.69) is 10.3 Å². The monoisotopic (exact) mass is 360 g/mol. The second-order valence-electron chi connectivity index (χ2n) is 5.25. The van der Waals surface area contributed by atoms with Crippen LogP contribution in [-0.2, 0) is 6.61 Å². The number of hydrogen-bond donors (Lipinski definition) is 1. The predicted octanol–water partition coefficient (Wildman–Crippen LogP) is 4.56. The molecule has 0 radical (unpaired) electrons. The minimum Gasteiger partial charge on any atom is -0.487 e. The molecule has 0 atom stereocenters. The fraction of sp³-hybridized carbons (Fsp3) is 0.111. The first-order chi connectivity index (χ1) is 12.0. The highest BCUT2D eigenvalue weighted by atomic mass is 32.1. The number of anilines is 1. The third-order valence-corrected chi connectivity index (χ3v) is 4.17. The Morgan fingerprint density at radius 1 is 1.20 bits per heavy atom. The normalized spacial score (nSPS) is 10.5. The Bertz CT molecular complexity index is 894. The Balaban J connectivity index is 1.62. The molecular weight excluding hydrogens is 346 g/mol. The topological polar surface area (TPSA) is 51.2 Å². The third-order valence-electron chi connectivity index (χ3n) is 3.35. The summed E-state index contributed by atoms with van der Waals surface area (Å²) in [6.45, 7) is 2.27. The molecule has 0 fully saturated rings. The van der Waals surface area contributed by atoms with Gasteiger partial charge in [0.05, 0.1) is 16.4 Å². The van der Waals surface area contributed by atoms with Gasteiger partial charge < -0.3 is 10.1 Å². The van der Waals surface area contributed by atoms with Crippen molar-refractivity contribution in [3.63, 3.8) is 0 Å². The summed E-state index contributed by atoms with van der Waals surface area (Å²) in [5.41, 5.74) is 1.10. The molecule has 2 aromatic carbocycles. The number of amides is 1. The maximum absolute atomic E-state index is 13.6. The van der Waals surface area contributed by atoms with Crippen LogP contribution in [0.4, 0.5) is 14.5 Å². The molecule has 4 nitrogen and oxygen atoms in total. The van der Waals surface area contributed by atoms with Crippen LogP contribution in [0.25, 0.3) is 0 Å². The van der Waals surface area contributed by atoms with E-state index in [1.165, 1.54) is 6.07 Å². The van der Waals surface area contributed by atoms with Crippen molar-refractivity contribution >= 4 is 22.9 Å². The van der Waals surface area contributed by atoms with E-state index in [4.69, 9.17) is 4.74 Å². The average Bonchev–Trinajstić information content (AvgIpc) is 3.01. The zero-order valence-corrected chi connectivity index (χ0v) is 14.1. The summed E-state index contributed by atoms with van der Waals surface area (Å²) in [7, 11) is 0. The van der Waals surface area contributed by atoms with E-state index >= 15 is 0 Å². The zero-order valence-electron chi connectivity index (χ0n) is 13.3. The molecule has 3 rings (SSSR count). The van der Waals surface area contributed by atoms with Gasteiger partial charge in [-0.05, 0) is 43.3 Å². The Morgan fingerprint density at radius 2 is 1.96 bits per heavy atom. The molecule has 0 saturated heterocycles. The van der Waals surface area contributed by atoms with E-state index in [-0.39, 0.29) is 5.69 Å². The van der Waals surface area contributed by atoms with Crippen LogP contribution in [0, 0.1) is 18.6 Å². The first kappa shape index (κ1) is 17.0. The van der Waals surface area contributed by atoms with Crippen molar-refractivity contribution in [1.29, 1.82) is 0 Å². The number of aromatic nitrogens is 1. The molecule has 1 aromatic heterocycles. The number of nitrogens with one attached hydrogen (secondary N) is 1. The summed E-state index contributed by atoms with van der Waals surface area (Å²) in [5, 5.41) is 5.30. The van der Waals surface area contributed by atoms with Gasteiger partial charge in [-0.15, -0.1) is 11.3 Å². The van der Waals surface area contributed by atoms with Crippen molar-refractivity contribution in [2.45, 2.75) is 13.5 Å². The minimum absolute atomic E-state index is 0.0781. The molecule has 1 N–H and O–H groups in total. The van der Waals surface area contributed by atoms with Gasteiger partial charge in [0.15, 0.2) is 0 Å². The SMILES string of the molecule is Cc1nc(COc2ccc(C(=O)Nc3ccc(F)cc3F)cc2)cs1. The molecule has 1 heterocycles. The first-order valence-electron chi connectivity index (χ1n) is 7.41. The number of aryl methyl sites for hydroxylation is 1. The summed E-state index contributed by atoms with van der Waals surface area (Å²) in [6.07, 6.45) is 0. The van der Waals surface area contributed by atoms with Crippen LogP contribution in [0.1, 0.15) is 21.1 Å². The number of carbonyl (C=O) groups is 1. The standard InChI is InChI=1S/C18H14F2N2O2S/c1-11-21-14(10-25-11)9-24-15-5-2-12(3-6-15)18(23)22-17-7-4-13(19)8-16(17)20/h2-8,10H,9H2,1H3,(H,22,23). The lowest BCUT2D eigenvalue weighted by Gasteiger charge is -2.08. The lowest BCUT2D eigenvalue weighted by Crippen LogP contribution is -2.13. The fourth-order valence-electron chi connectivity index (χ4n) is 2.12. The van der Waals surface area contributed by atoms with Crippen LogP contribution in [0.15, 0.2) is 47.8 Å². The van der Waals surface area contributed by atoms with E-state index in [0.29, 0.717) is 24.0 Å². The van der Waals surface area contributed by atoms with Crippen molar-refractivity contribution in [2.75, 3.05) is 5.32 Å². The Morgan fingerprint density at radius 3 is 2.60 bits per heavy atom. The van der Waals surface area contributed by atoms with Crippen molar-refractivity contribution < 1.29 is 18.3 Å². The summed E-state index contributed by atoms with van der Waals surface area (Å²) in [4.78, 5) is 16.4. The van der Waals surface area contributed by atoms with Gasteiger partial charge in [-0.1, -0.05) is 0 Å². The molecule has 0 aliphatic carbocycles. The summed E-state index contributed by atoms with van der Waals surface area (Å²) in [6, 6.07) is 9.40. The van der Waals surface area contributed by atoms with E-state index in [1.807, 2.05) is 12.3 Å². The maximum Gasteiger partial charge on any atom is 0.255 e. The van der Waals surface area contributed by atoms with Crippen molar-refractivity contribution in [2.24, 2.45) is 0 Å². The Labute approximate surface area is 147 Å². The van der Waals surface area contributed by atoms with Gasteiger partial charge in [0.25, 0.3) is 5.91 Å². The summed E-state index contributed by atoms with van der Waals surface area (Å²) >= 11 is 1.55. The molecule has 1 amide bonds. The molecule has 0 bridgehead atoms. The number of carbonyl (C=O) groups excluding carboxylic acids is 1. The average molecular weight is 360 g/mol. The second kappa shape index (κ2) is 7.40. The van der Waals surface area contributed by atoms with Gasteiger partial charge in [0, 0.05) is 17.0 Å². The highest BCUT2D eigenvalue weighted by molar-refractivity contribution is 7.09. The molecule has 0 unspecified atom stereocenters. The number of halogens is 2. The molecule has 0 aliphatic rings. The number of hydrogen-bond acceptors (Lipinski definition) is 4. The summed E-state index contributed by atoms with van der Waals surface area (Å²) in [5.74, 6) is -1.43. The number of benzene rings is 2. The lowest BCUT2D eigenvalue weighted by atomic mass is 10.2. The molecule has 0 aliphatic heterocycles. The van der Waals surface area contributed by atoms with Crippen molar-refractivity contribution in [3.8, 4) is 5.75 Å². The van der Waals surface area contributed by atoms with Crippen LogP contribution in [0.3, 0.4) is 0 Å².